The maximum atomic E-state index is 11.0. The summed E-state index contributed by atoms with van der Waals surface area (Å²) in [6, 6.07) is 2.46. The number of carboxylic acid groups (broad SMARTS) is 1. The molecule has 1 fully saturated rings. The lowest BCUT2D eigenvalue weighted by Gasteiger charge is -2.26. The summed E-state index contributed by atoms with van der Waals surface area (Å²) in [5.74, 6) is -0.807. The third kappa shape index (κ3) is 3.12. The Morgan fingerprint density at radius 2 is 2.28 bits per heavy atom. The Morgan fingerprint density at radius 1 is 1.50 bits per heavy atom. The quantitative estimate of drug-likeness (QED) is 0.911. The first-order valence-corrected chi connectivity index (χ1v) is 7.46. The molecule has 1 saturated heterocycles. The van der Waals surface area contributed by atoms with Crippen LogP contribution in [0.25, 0.3) is 0 Å². The molecule has 0 amide bonds. The molecule has 0 aromatic carbocycles. The number of nitrogens with zero attached hydrogens (tertiary/aromatic N) is 1. The molecule has 1 unspecified atom stereocenters. The van der Waals surface area contributed by atoms with Crippen LogP contribution in [0.3, 0.4) is 0 Å². The number of carboxylic acids is 1. The molecule has 0 radical (unpaired) electrons. The molecule has 0 aliphatic carbocycles. The third-order valence-electron chi connectivity index (χ3n) is 3.80. The Hall–Kier alpha value is -0.870. The van der Waals surface area contributed by atoms with Crippen LogP contribution >= 0.6 is 11.3 Å². The predicted octanol–water partition coefficient (Wildman–Crippen LogP) is 3.52. The average Bonchev–Trinajstić information content (AvgIpc) is 2.56. The van der Waals surface area contributed by atoms with Gasteiger partial charge in [0.1, 0.15) is 4.88 Å². The fourth-order valence-corrected chi connectivity index (χ4v) is 3.44. The van der Waals surface area contributed by atoms with Crippen molar-refractivity contribution < 1.29 is 9.90 Å². The monoisotopic (exact) mass is 267 g/mol. The summed E-state index contributed by atoms with van der Waals surface area (Å²) >= 11 is 1.39. The van der Waals surface area contributed by atoms with Gasteiger partial charge in [-0.2, -0.15) is 0 Å². The molecular formula is C14H21NO2S. The van der Waals surface area contributed by atoms with Crippen molar-refractivity contribution in [1.82, 2.24) is 4.90 Å². The van der Waals surface area contributed by atoms with Crippen molar-refractivity contribution in [3.05, 3.63) is 21.4 Å². The van der Waals surface area contributed by atoms with Crippen molar-refractivity contribution in [2.24, 2.45) is 0 Å². The van der Waals surface area contributed by atoms with Gasteiger partial charge in [-0.05, 0) is 44.9 Å². The van der Waals surface area contributed by atoms with Gasteiger partial charge in [0.15, 0.2) is 0 Å². The summed E-state index contributed by atoms with van der Waals surface area (Å²) in [6.45, 7) is 6.34. The molecule has 3 nitrogen and oxygen atoms in total. The van der Waals surface area contributed by atoms with E-state index in [4.69, 9.17) is 5.11 Å². The van der Waals surface area contributed by atoms with E-state index >= 15 is 0 Å². The summed E-state index contributed by atoms with van der Waals surface area (Å²) in [6.07, 6.45) is 5.17. The number of aromatic carboxylic acids is 1. The van der Waals surface area contributed by atoms with Gasteiger partial charge in [-0.15, -0.1) is 11.3 Å². The van der Waals surface area contributed by atoms with E-state index in [1.54, 1.807) is 0 Å². The molecular weight excluding hydrogens is 246 g/mol. The van der Waals surface area contributed by atoms with Crippen LogP contribution in [0.15, 0.2) is 6.07 Å². The van der Waals surface area contributed by atoms with Crippen LogP contribution in [0.5, 0.6) is 0 Å². The molecule has 1 aromatic rings. The lowest BCUT2D eigenvalue weighted by Crippen LogP contribution is -2.31. The van der Waals surface area contributed by atoms with Gasteiger partial charge in [-0.3, -0.25) is 4.90 Å². The second-order valence-electron chi connectivity index (χ2n) is 5.17. The zero-order valence-corrected chi connectivity index (χ0v) is 11.9. The molecule has 100 valence electrons. The van der Waals surface area contributed by atoms with E-state index in [1.165, 1.54) is 42.6 Å². The van der Waals surface area contributed by atoms with Gasteiger partial charge < -0.3 is 5.11 Å². The molecule has 0 spiro atoms. The molecule has 1 aromatic heterocycles. The zero-order chi connectivity index (χ0) is 13.1. The summed E-state index contributed by atoms with van der Waals surface area (Å²) in [4.78, 5) is 15.1. The van der Waals surface area contributed by atoms with Crippen molar-refractivity contribution in [2.45, 2.75) is 52.1 Å². The van der Waals surface area contributed by atoms with E-state index in [0.717, 1.165) is 18.0 Å². The number of hydrogen-bond donors (Lipinski definition) is 1. The van der Waals surface area contributed by atoms with Gasteiger partial charge in [0.25, 0.3) is 0 Å². The number of thiophene rings is 1. The van der Waals surface area contributed by atoms with Crippen molar-refractivity contribution in [3.63, 3.8) is 0 Å². The summed E-state index contributed by atoms with van der Waals surface area (Å²) in [5.41, 5.74) is 1.19. The number of carbonyl (C=O) groups is 1. The standard InChI is InChI=1S/C14H21NO2S/c1-10-6-4-3-5-7-15(10)9-12-8-13(14(16)17)18-11(12)2/h8,10H,3-7,9H2,1-2H3,(H,16,17). The second-order valence-corrected chi connectivity index (χ2v) is 6.42. The summed E-state index contributed by atoms with van der Waals surface area (Å²) in [7, 11) is 0. The van der Waals surface area contributed by atoms with Crippen LogP contribution in [-0.2, 0) is 6.54 Å². The van der Waals surface area contributed by atoms with E-state index in [9.17, 15) is 4.79 Å². The minimum atomic E-state index is -0.807. The molecule has 1 N–H and O–H groups in total. The van der Waals surface area contributed by atoms with Crippen molar-refractivity contribution in [1.29, 1.82) is 0 Å². The molecule has 0 saturated carbocycles. The van der Waals surface area contributed by atoms with Gasteiger partial charge in [-0.25, -0.2) is 4.79 Å². The Balaban J connectivity index is 2.09. The Morgan fingerprint density at radius 3 is 2.94 bits per heavy atom. The van der Waals surface area contributed by atoms with Crippen molar-refractivity contribution in [3.8, 4) is 0 Å². The van der Waals surface area contributed by atoms with Gasteiger partial charge in [0.2, 0.25) is 0 Å². The first-order valence-electron chi connectivity index (χ1n) is 6.64. The fourth-order valence-electron chi connectivity index (χ4n) is 2.57. The molecule has 2 heterocycles. The Bertz CT molecular complexity index is 427. The van der Waals surface area contributed by atoms with Crippen LogP contribution < -0.4 is 0 Å². The van der Waals surface area contributed by atoms with E-state index < -0.39 is 5.97 Å². The van der Waals surface area contributed by atoms with Crippen LogP contribution in [-0.4, -0.2) is 28.6 Å². The fraction of sp³-hybridized carbons (Fsp3) is 0.643. The maximum Gasteiger partial charge on any atom is 0.345 e. The first-order chi connectivity index (χ1) is 8.58. The lowest BCUT2D eigenvalue weighted by atomic mass is 10.1. The molecule has 2 rings (SSSR count). The Kier molecular flexibility index (Phi) is 4.40. The SMILES string of the molecule is Cc1sc(C(=O)O)cc1CN1CCCCCC1C. The lowest BCUT2D eigenvalue weighted by molar-refractivity contribution is 0.0702. The van der Waals surface area contributed by atoms with E-state index in [-0.39, 0.29) is 0 Å². The predicted molar refractivity (Wildman–Crippen MR) is 74.4 cm³/mol. The van der Waals surface area contributed by atoms with Crippen molar-refractivity contribution >= 4 is 17.3 Å². The highest BCUT2D eigenvalue weighted by Gasteiger charge is 2.19. The normalized spacial score (nSPS) is 21.8. The van der Waals surface area contributed by atoms with Crippen LogP contribution in [0.2, 0.25) is 0 Å². The molecule has 1 aliphatic heterocycles. The van der Waals surface area contributed by atoms with E-state index in [0.29, 0.717) is 10.9 Å². The molecule has 0 bridgehead atoms. The highest BCUT2D eigenvalue weighted by molar-refractivity contribution is 7.14. The molecule has 18 heavy (non-hydrogen) atoms. The van der Waals surface area contributed by atoms with Crippen molar-refractivity contribution in [2.75, 3.05) is 6.54 Å². The van der Waals surface area contributed by atoms with Gasteiger partial charge in [0, 0.05) is 17.5 Å². The van der Waals surface area contributed by atoms with Crippen LogP contribution in [0.4, 0.5) is 0 Å². The van der Waals surface area contributed by atoms with E-state index in [1.807, 2.05) is 13.0 Å². The summed E-state index contributed by atoms with van der Waals surface area (Å²) in [5, 5.41) is 9.02. The minimum absolute atomic E-state index is 0.463. The largest absolute Gasteiger partial charge is 0.477 e. The van der Waals surface area contributed by atoms with E-state index in [2.05, 4.69) is 11.8 Å². The Labute approximate surface area is 112 Å². The second kappa shape index (κ2) is 5.85. The summed E-state index contributed by atoms with van der Waals surface area (Å²) < 4.78 is 0. The van der Waals surface area contributed by atoms with Gasteiger partial charge in [0.05, 0.1) is 0 Å². The van der Waals surface area contributed by atoms with Crippen LogP contribution in [0.1, 0.15) is 52.7 Å². The van der Waals surface area contributed by atoms with Crippen LogP contribution in [0, 0.1) is 6.92 Å². The van der Waals surface area contributed by atoms with Gasteiger partial charge in [-0.1, -0.05) is 12.8 Å². The minimum Gasteiger partial charge on any atom is -0.477 e. The molecule has 1 aliphatic rings. The number of rotatable bonds is 3. The first kappa shape index (κ1) is 13.6. The highest BCUT2D eigenvalue weighted by atomic mass is 32.1. The zero-order valence-electron chi connectivity index (χ0n) is 11.1. The number of likely N-dealkylation sites (tertiary alicyclic amines) is 1. The maximum absolute atomic E-state index is 11.0. The highest BCUT2D eigenvalue weighted by Crippen LogP contribution is 2.25. The third-order valence-corrected chi connectivity index (χ3v) is 4.88. The smallest absolute Gasteiger partial charge is 0.345 e. The molecule has 4 heteroatoms. The van der Waals surface area contributed by atoms with Gasteiger partial charge >= 0.3 is 5.97 Å². The number of hydrogen-bond acceptors (Lipinski definition) is 3. The number of aryl methyl sites for hydroxylation is 1. The average molecular weight is 267 g/mol. The molecule has 1 atom stereocenters. The topological polar surface area (TPSA) is 40.5 Å².